The van der Waals surface area contributed by atoms with Crippen molar-refractivity contribution >= 4 is 16.7 Å². The molecule has 0 saturated carbocycles. The Morgan fingerprint density at radius 1 is 1.06 bits per heavy atom. The van der Waals surface area contributed by atoms with Crippen LogP contribution in [0, 0.1) is 0 Å². The van der Waals surface area contributed by atoms with Crippen LogP contribution in [0.1, 0.15) is 23.2 Å². The summed E-state index contributed by atoms with van der Waals surface area (Å²) in [5, 5.41) is 5.02. The van der Waals surface area contributed by atoms with Gasteiger partial charge in [-0.2, -0.15) is 0 Å². The molecule has 1 amide bonds. The largest absolute Gasteiger partial charge is 0.352 e. The van der Waals surface area contributed by atoms with E-state index in [-0.39, 0.29) is 5.91 Å². The second-order valence-corrected chi connectivity index (χ2v) is 4.28. The quantitative estimate of drug-likeness (QED) is 0.790. The Bertz CT molecular complexity index is 532. The van der Waals surface area contributed by atoms with E-state index in [1.54, 1.807) is 0 Å². The van der Waals surface area contributed by atoms with Crippen molar-refractivity contribution in [1.29, 1.82) is 0 Å². The molecule has 0 aliphatic rings. The van der Waals surface area contributed by atoms with Gasteiger partial charge in [0.1, 0.15) is 0 Å². The molecule has 0 aromatic heterocycles. The van der Waals surface area contributed by atoms with Crippen molar-refractivity contribution in [3.63, 3.8) is 0 Å². The average molecular weight is 242 g/mol. The number of rotatable bonds is 5. The summed E-state index contributed by atoms with van der Waals surface area (Å²) in [7, 11) is 0. The Labute approximate surface area is 107 Å². The topological polar surface area (TPSA) is 55.1 Å². The van der Waals surface area contributed by atoms with E-state index in [1.807, 2.05) is 42.5 Å². The fourth-order valence-corrected chi connectivity index (χ4v) is 1.99. The molecule has 94 valence electrons. The van der Waals surface area contributed by atoms with Crippen LogP contribution in [0.3, 0.4) is 0 Å². The zero-order valence-electron chi connectivity index (χ0n) is 10.4. The highest BCUT2D eigenvalue weighted by atomic mass is 16.1. The van der Waals surface area contributed by atoms with E-state index in [2.05, 4.69) is 5.32 Å². The average Bonchev–Trinajstić information content (AvgIpc) is 2.43. The number of hydrogen-bond donors (Lipinski definition) is 2. The van der Waals surface area contributed by atoms with Crippen LogP contribution in [0.15, 0.2) is 42.5 Å². The third kappa shape index (κ3) is 2.87. The third-order valence-electron chi connectivity index (χ3n) is 2.95. The monoisotopic (exact) mass is 242 g/mol. The number of nitrogens with two attached hydrogens (primary N) is 1. The smallest absolute Gasteiger partial charge is 0.251 e. The number of carbonyl (C=O) groups is 1. The van der Waals surface area contributed by atoms with Crippen molar-refractivity contribution in [3.8, 4) is 0 Å². The maximum Gasteiger partial charge on any atom is 0.251 e. The number of amides is 1. The fraction of sp³-hybridized carbons (Fsp3) is 0.267. The summed E-state index contributed by atoms with van der Waals surface area (Å²) in [5.41, 5.74) is 6.16. The zero-order valence-corrected chi connectivity index (χ0v) is 10.4. The lowest BCUT2D eigenvalue weighted by atomic mass is 10.0. The maximum atomic E-state index is 12.1. The molecule has 2 aromatic rings. The predicted octanol–water partition coefficient (Wildman–Crippen LogP) is 2.31. The Hall–Kier alpha value is -1.87. The SMILES string of the molecule is NCCCCNC(=O)c1cccc2ccccc12. The van der Waals surface area contributed by atoms with Gasteiger partial charge < -0.3 is 11.1 Å². The second kappa shape index (κ2) is 6.17. The van der Waals surface area contributed by atoms with Gasteiger partial charge in [0.25, 0.3) is 5.91 Å². The molecule has 0 fully saturated rings. The minimum absolute atomic E-state index is 0.0104. The maximum absolute atomic E-state index is 12.1. The number of fused-ring (bicyclic) bond motifs is 1. The molecule has 0 heterocycles. The molecular formula is C15H18N2O. The Balaban J connectivity index is 2.13. The lowest BCUT2D eigenvalue weighted by Crippen LogP contribution is -2.25. The summed E-state index contributed by atoms with van der Waals surface area (Å²) in [5.74, 6) is -0.0104. The Morgan fingerprint density at radius 2 is 1.83 bits per heavy atom. The molecule has 2 aromatic carbocycles. The molecule has 2 rings (SSSR count). The fourth-order valence-electron chi connectivity index (χ4n) is 1.99. The van der Waals surface area contributed by atoms with Crippen LogP contribution >= 0.6 is 0 Å². The van der Waals surface area contributed by atoms with Crippen LogP contribution in [0.25, 0.3) is 10.8 Å². The molecule has 18 heavy (non-hydrogen) atoms. The van der Waals surface area contributed by atoms with Crippen molar-refractivity contribution in [2.24, 2.45) is 5.73 Å². The molecule has 0 aliphatic heterocycles. The molecule has 0 bridgehead atoms. The summed E-state index contributed by atoms with van der Waals surface area (Å²) < 4.78 is 0. The molecule has 0 saturated heterocycles. The summed E-state index contributed by atoms with van der Waals surface area (Å²) in [6.07, 6.45) is 1.86. The normalized spacial score (nSPS) is 10.5. The lowest BCUT2D eigenvalue weighted by molar-refractivity contribution is 0.0954. The molecule has 3 nitrogen and oxygen atoms in total. The first-order valence-corrected chi connectivity index (χ1v) is 6.29. The summed E-state index contributed by atoms with van der Waals surface area (Å²) in [6, 6.07) is 13.7. The van der Waals surface area contributed by atoms with Crippen LogP contribution in [0.4, 0.5) is 0 Å². The number of hydrogen-bond acceptors (Lipinski definition) is 2. The summed E-state index contributed by atoms with van der Waals surface area (Å²) in [4.78, 5) is 12.1. The molecule has 0 spiro atoms. The van der Waals surface area contributed by atoms with Gasteiger partial charge in [-0.25, -0.2) is 0 Å². The minimum atomic E-state index is -0.0104. The first-order valence-electron chi connectivity index (χ1n) is 6.29. The van der Waals surface area contributed by atoms with Crippen molar-refractivity contribution < 1.29 is 4.79 Å². The summed E-state index contributed by atoms with van der Waals surface area (Å²) in [6.45, 7) is 1.35. The molecular weight excluding hydrogens is 224 g/mol. The predicted molar refractivity (Wildman–Crippen MR) is 74.6 cm³/mol. The summed E-state index contributed by atoms with van der Waals surface area (Å²) >= 11 is 0. The van der Waals surface area contributed by atoms with Crippen LogP contribution in [0.2, 0.25) is 0 Å². The highest BCUT2D eigenvalue weighted by Crippen LogP contribution is 2.18. The standard InChI is InChI=1S/C15H18N2O/c16-10-3-4-11-17-15(18)14-9-5-7-12-6-1-2-8-13(12)14/h1-2,5-9H,3-4,10-11,16H2,(H,17,18). The van der Waals surface area contributed by atoms with Gasteiger partial charge in [-0.15, -0.1) is 0 Å². The van der Waals surface area contributed by atoms with Crippen molar-refractivity contribution in [2.45, 2.75) is 12.8 Å². The highest BCUT2D eigenvalue weighted by molar-refractivity contribution is 6.06. The first kappa shape index (κ1) is 12.6. The van der Waals surface area contributed by atoms with Gasteiger partial charge in [0, 0.05) is 12.1 Å². The van der Waals surface area contributed by atoms with Crippen LogP contribution in [0.5, 0.6) is 0 Å². The number of carbonyl (C=O) groups excluding carboxylic acids is 1. The van der Waals surface area contributed by atoms with E-state index >= 15 is 0 Å². The van der Waals surface area contributed by atoms with Crippen LogP contribution in [-0.4, -0.2) is 19.0 Å². The zero-order chi connectivity index (χ0) is 12.8. The molecule has 0 atom stereocenters. The van der Waals surface area contributed by atoms with Gasteiger partial charge >= 0.3 is 0 Å². The molecule has 0 aliphatic carbocycles. The van der Waals surface area contributed by atoms with E-state index in [0.717, 1.165) is 29.2 Å². The molecule has 0 unspecified atom stereocenters. The Kier molecular flexibility index (Phi) is 4.31. The first-order chi connectivity index (χ1) is 8.83. The van der Waals surface area contributed by atoms with Crippen LogP contribution in [-0.2, 0) is 0 Å². The van der Waals surface area contributed by atoms with Gasteiger partial charge in [0.15, 0.2) is 0 Å². The van der Waals surface area contributed by atoms with Gasteiger partial charge in [0.2, 0.25) is 0 Å². The van der Waals surface area contributed by atoms with Crippen molar-refractivity contribution in [1.82, 2.24) is 5.32 Å². The van der Waals surface area contributed by atoms with Crippen molar-refractivity contribution in [2.75, 3.05) is 13.1 Å². The lowest BCUT2D eigenvalue weighted by Gasteiger charge is -2.07. The number of nitrogens with one attached hydrogen (secondary N) is 1. The second-order valence-electron chi connectivity index (χ2n) is 4.28. The van der Waals surface area contributed by atoms with E-state index in [4.69, 9.17) is 5.73 Å². The van der Waals surface area contributed by atoms with E-state index in [1.165, 1.54) is 0 Å². The molecule has 3 heteroatoms. The van der Waals surface area contributed by atoms with Crippen molar-refractivity contribution in [3.05, 3.63) is 48.0 Å². The van der Waals surface area contributed by atoms with Crippen LogP contribution < -0.4 is 11.1 Å². The molecule has 3 N–H and O–H groups in total. The number of unbranched alkanes of at least 4 members (excludes halogenated alkanes) is 1. The number of benzene rings is 2. The van der Waals surface area contributed by atoms with E-state index in [9.17, 15) is 4.79 Å². The van der Waals surface area contributed by atoms with Gasteiger partial charge in [-0.1, -0.05) is 36.4 Å². The van der Waals surface area contributed by atoms with Gasteiger partial charge in [0.05, 0.1) is 0 Å². The highest BCUT2D eigenvalue weighted by Gasteiger charge is 2.08. The van der Waals surface area contributed by atoms with E-state index < -0.39 is 0 Å². The van der Waals surface area contributed by atoms with Gasteiger partial charge in [-0.3, -0.25) is 4.79 Å². The third-order valence-corrected chi connectivity index (χ3v) is 2.95. The Morgan fingerprint density at radius 3 is 2.67 bits per heavy atom. The van der Waals surface area contributed by atoms with Gasteiger partial charge in [-0.05, 0) is 36.2 Å². The minimum Gasteiger partial charge on any atom is -0.352 e. The van der Waals surface area contributed by atoms with E-state index in [0.29, 0.717) is 13.1 Å². The molecule has 0 radical (unpaired) electrons.